The fourth-order valence-electron chi connectivity index (χ4n) is 1.40. The third-order valence-electron chi connectivity index (χ3n) is 2.58. The molecule has 0 amide bonds. The molecule has 0 saturated carbocycles. The van der Waals surface area contributed by atoms with Gasteiger partial charge in [-0.25, -0.2) is 9.98 Å². The molecule has 2 heteroatoms. The highest BCUT2D eigenvalue weighted by molar-refractivity contribution is 5.94. The summed E-state index contributed by atoms with van der Waals surface area (Å²) in [5, 5.41) is 0. The molecule has 1 heterocycles. The van der Waals surface area contributed by atoms with Crippen molar-refractivity contribution in [3.63, 3.8) is 0 Å². The fourth-order valence-corrected chi connectivity index (χ4v) is 1.40. The quantitative estimate of drug-likeness (QED) is 0.578. The van der Waals surface area contributed by atoms with Crippen LogP contribution in [0.4, 0.5) is 0 Å². The highest BCUT2D eigenvalue weighted by atomic mass is 15.0. The zero-order valence-corrected chi connectivity index (χ0v) is 8.76. The van der Waals surface area contributed by atoms with Crippen LogP contribution in [0.2, 0.25) is 0 Å². The van der Waals surface area contributed by atoms with E-state index in [0.717, 1.165) is 17.1 Å². The summed E-state index contributed by atoms with van der Waals surface area (Å²) in [6.45, 7) is 11.9. The molecule has 0 spiro atoms. The summed E-state index contributed by atoms with van der Waals surface area (Å²) in [5.41, 5.74) is 2.26. The molecule has 1 rings (SSSR count). The summed E-state index contributed by atoms with van der Waals surface area (Å²) in [6.07, 6.45) is 4.07. The molecule has 0 radical (unpaired) electrons. The van der Waals surface area contributed by atoms with Crippen LogP contribution >= 0.6 is 0 Å². The van der Waals surface area contributed by atoms with Gasteiger partial charge in [0.1, 0.15) is 0 Å². The van der Waals surface area contributed by atoms with Gasteiger partial charge in [0.05, 0.1) is 0 Å². The van der Waals surface area contributed by atoms with Gasteiger partial charge in [-0.05, 0) is 20.6 Å². The zero-order valence-electron chi connectivity index (χ0n) is 8.76. The van der Waals surface area contributed by atoms with E-state index < -0.39 is 0 Å². The van der Waals surface area contributed by atoms with Gasteiger partial charge in [-0.2, -0.15) is 0 Å². The lowest BCUT2D eigenvalue weighted by molar-refractivity contribution is 0.650. The molecule has 1 aliphatic heterocycles. The third kappa shape index (κ3) is 1.48. The Balaban J connectivity index is 3.22. The number of nitrogens with zero attached hydrogens (tertiary/aromatic N) is 2. The molecule has 0 unspecified atom stereocenters. The lowest BCUT2D eigenvalue weighted by atomic mass is 9.82. The van der Waals surface area contributed by atoms with Gasteiger partial charge in [-0.1, -0.05) is 26.0 Å². The molecule has 0 atom stereocenters. The maximum Gasteiger partial charge on any atom is 0.155 e. The summed E-state index contributed by atoms with van der Waals surface area (Å²) < 4.78 is 0. The van der Waals surface area contributed by atoms with Crippen molar-refractivity contribution in [2.75, 3.05) is 0 Å². The largest absolute Gasteiger partial charge is 0.245 e. The Kier molecular flexibility index (Phi) is 2.50. The molecule has 0 bridgehead atoms. The Hall–Kier alpha value is -1.18. The van der Waals surface area contributed by atoms with Crippen molar-refractivity contribution in [3.05, 3.63) is 23.5 Å². The lowest BCUT2D eigenvalue weighted by Crippen LogP contribution is -2.19. The first-order valence-electron chi connectivity index (χ1n) is 4.44. The van der Waals surface area contributed by atoms with E-state index in [9.17, 15) is 0 Å². The third-order valence-corrected chi connectivity index (χ3v) is 2.58. The van der Waals surface area contributed by atoms with Crippen molar-refractivity contribution in [3.8, 4) is 0 Å². The molecule has 0 fully saturated rings. The van der Waals surface area contributed by atoms with Gasteiger partial charge in [0.15, 0.2) is 5.82 Å². The predicted molar refractivity (Wildman–Crippen MR) is 58.3 cm³/mol. The van der Waals surface area contributed by atoms with E-state index in [1.165, 1.54) is 0 Å². The summed E-state index contributed by atoms with van der Waals surface area (Å²) in [6, 6.07) is 0. The summed E-state index contributed by atoms with van der Waals surface area (Å²) >= 11 is 0. The summed E-state index contributed by atoms with van der Waals surface area (Å²) in [7, 11) is 0. The van der Waals surface area contributed by atoms with Crippen molar-refractivity contribution < 1.29 is 0 Å². The average molecular weight is 176 g/mol. The number of hydrogen-bond donors (Lipinski definition) is 0. The smallest absolute Gasteiger partial charge is 0.155 e. The zero-order chi connectivity index (χ0) is 10.1. The minimum atomic E-state index is 0.00301. The normalized spacial score (nSPS) is 21.1. The van der Waals surface area contributed by atoms with Crippen LogP contribution in [0.1, 0.15) is 27.7 Å². The second kappa shape index (κ2) is 3.29. The van der Waals surface area contributed by atoms with Crippen molar-refractivity contribution in [1.82, 2.24) is 0 Å². The lowest BCUT2D eigenvalue weighted by Gasteiger charge is -2.20. The second-order valence-electron chi connectivity index (χ2n) is 3.72. The van der Waals surface area contributed by atoms with Gasteiger partial charge in [0.2, 0.25) is 0 Å². The Labute approximate surface area is 79.8 Å². The van der Waals surface area contributed by atoms with E-state index in [2.05, 4.69) is 36.6 Å². The van der Waals surface area contributed by atoms with Gasteiger partial charge in [-0.15, -0.1) is 0 Å². The SMILES string of the molecule is C=NC1=C(/C=C\C)C(C)(C)C(C)=N1. The number of rotatable bonds is 2. The maximum atomic E-state index is 4.38. The first kappa shape index (κ1) is 9.90. The number of aliphatic imine (C=N–C) groups is 2. The van der Waals surface area contributed by atoms with Gasteiger partial charge in [0, 0.05) is 16.7 Å². The van der Waals surface area contributed by atoms with E-state index in [0.29, 0.717) is 0 Å². The molecule has 2 nitrogen and oxygen atoms in total. The van der Waals surface area contributed by atoms with E-state index in [1.807, 2.05) is 19.9 Å². The van der Waals surface area contributed by atoms with Crippen LogP contribution in [0, 0.1) is 5.41 Å². The van der Waals surface area contributed by atoms with Crippen LogP contribution in [0.3, 0.4) is 0 Å². The molecule has 0 aliphatic carbocycles. The highest BCUT2D eigenvalue weighted by Gasteiger charge is 2.32. The maximum absolute atomic E-state index is 4.38. The Morgan fingerprint density at radius 3 is 2.54 bits per heavy atom. The van der Waals surface area contributed by atoms with Crippen molar-refractivity contribution in [2.45, 2.75) is 27.7 Å². The molecule has 70 valence electrons. The van der Waals surface area contributed by atoms with Crippen LogP contribution in [0.5, 0.6) is 0 Å². The Bertz CT molecular complexity index is 317. The Morgan fingerprint density at radius 1 is 1.46 bits per heavy atom. The summed E-state index contributed by atoms with van der Waals surface area (Å²) in [4.78, 5) is 8.30. The molecule has 0 aromatic rings. The molecule has 0 saturated heterocycles. The standard InChI is InChI=1S/C11H16N2/c1-6-7-9-10(12-5)13-8(2)11(9,3)4/h6-7H,5H2,1-4H3/b7-6-. The highest BCUT2D eigenvalue weighted by Crippen LogP contribution is 2.38. The molecule has 13 heavy (non-hydrogen) atoms. The first-order chi connectivity index (χ1) is 6.04. The molecule has 0 aromatic carbocycles. The monoisotopic (exact) mass is 176 g/mol. The molecular formula is C11H16N2. The van der Waals surface area contributed by atoms with Crippen molar-refractivity contribution >= 4 is 12.4 Å². The topological polar surface area (TPSA) is 24.7 Å². The molecule has 1 aliphatic rings. The van der Waals surface area contributed by atoms with E-state index in [1.54, 1.807) is 0 Å². The van der Waals surface area contributed by atoms with E-state index >= 15 is 0 Å². The van der Waals surface area contributed by atoms with Gasteiger partial charge >= 0.3 is 0 Å². The van der Waals surface area contributed by atoms with Crippen LogP contribution < -0.4 is 0 Å². The Morgan fingerprint density at radius 2 is 2.08 bits per heavy atom. The average Bonchev–Trinajstić information content (AvgIpc) is 2.29. The van der Waals surface area contributed by atoms with Crippen LogP contribution in [-0.4, -0.2) is 12.4 Å². The van der Waals surface area contributed by atoms with Gasteiger partial charge < -0.3 is 0 Å². The summed E-state index contributed by atoms with van der Waals surface area (Å²) in [5.74, 6) is 0.764. The number of hydrogen-bond acceptors (Lipinski definition) is 2. The van der Waals surface area contributed by atoms with Crippen LogP contribution in [0.25, 0.3) is 0 Å². The predicted octanol–water partition coefficient (Wildman–Crippen LogP) is 2.98. The molecule has 0 N–H and O–H groups in total. The van der Waals surface area contributed by atoms with E-state index in [4.69, 9.17) is 0 Å². The minimum Gasteiger partial charge on any atom is -0.245 e. The van der Waals surface area contributed by atoms with Crippen LogP contribution in [-0.2, 0) is 0 Å². The van der Waals surface area contributed by atoms with Crippen molar-refractivity contribution in [1.29, 1.82) is 0 Å². The molecular weight excluding hydrogens is 160 g/mol. The van der Waals surface area contributed by atoms with Gasteiger partial charge in [-0.3, -0.25) is 0 Å². The van der Waals surface area contributed by atoms with Crippen LogP contribution in [0.15, 0.2) is 33.5 Å². The van der Waals surface area contributed by atoms with Crippen molar-refractivity contribution in [2.24, 2.45) is 15.4 Å². The van der Waals surface area contributed by atoms with Gasteiger partial charge in [0.25, 0.3) is 0 Å². The molecule has 0 aromatic heterocycles. The fraction of sp³-hybridized carbons (Fsp3) is 0.455. The minimum absolute atomic E-state index is 0.00301. The van der Waals surface area contributed by atoms with E-state index in [-0.39, 0.29) is 5.41 Å². The first-order valence-corrected chi connectivity index (χ1v) is 4.44. The second-order valence-corrected chi connectivity index (χ2v) is 3.72. The number of allylic oxidation sites excluding steroid dienone is 3.